The molecule has 0 N–H and O–H groups in total. The number of rotatable bonds is 13. The van der Waals surface area contributed by atoms with E-state index < -0.39 is 0 Å². The van der Waals surface area contributed by atoms with Crippen molar-refractivity contribution >= 4 is 11.6 Å². The monoisotopic (exact) mass is 266 g/mol. The first-order valence-corrected chi connectivity index (χ1v) is 7.12. The van der Waals surface area contributed by atoms with Crippen LogP contribution in [0.3, 0.4) is 0 Å². The van der Waals surface area contributed by atoms with Gasteiger partial charge in [0.1, 0.15) is 0 Å². The summed E-state index contributed by atoms with van der Waals surface area (Å²) in [6.07, 6.45) is 6.28. The zero-order valence-electron chi connectivity index (χ0n) is 11.3. The van der Waals surface area contributed by atoms with Gasteiger partial charge in [-0.15, -0.1) is 11.6 Å². The predicted octanol–water partition coefficient (Wildman–Crippen LogP) is 3.24. The Balaban J connectivity index is 3.28. The maximum absolute atomic E-state index is 5.86. The van der Waals surface area contributed by atoms with Gasteiger partial charge in [0.15, 0.2) is 0 Å². The second kappa shape index (κ2) is 14.2. The molecule has 0 saturated heterocycles. The molecular weight excluding hydrogens is 240 g/mol. The number of hydrogen-bond acceptors (Lipinski definition) is 3. The molecule has 0 aromatic heterocycles. The number of halogens is 1. The summed E-state index contributed by atoms with van der Waals surface area (Å²) < 4.78 is 15.9. The molecule has 0 spiro atoms. The van der Waals surface area contributed by atoms with Gasteiger partial charge in [0.25, 0.3) is 0 Å². The molecule has 104 valence electrons. The normalized spacial score (nSPS) is 12.9. The molecule has 0 aliphatic heterocycles. The number of methoxy groups -OCH3 is 1. The highest BCUT2D eigenvalue weighted by Crippen LogP contribution is 2.09. The standard InChI is InChI=1S/C13H27ClO3/c1-3-4-5-6-7-13(12-14)17-11-10-16-9-8-15-2/h13H,3-12H2,1-2H3. The van der Waals surface area contributed by atoms with Gasteiger partial charge in [0.2, 0.25) is 0 Å². The van der Waals surface area contributed by atoms with Crippen LogP contribution in [0.4, 0.5) is 0 Å². The van der Waals surface area contributed by atoms with Gasteiger partial charge in [-0.05, 0) is 6.42 Å². The molecule has 0 aliphatic carbocycles. The Morgan fingerprint density at radius 3 is 2.41 bits per heavy atom. The van der Waals surface area contributed by atoms with Crippen LogP contribution in [0.1, 0.15) is 39.0 Å². The first-order chi connectivity index (χ1) is 8.35. The van der Waals surface area contributed by atoms with Crippen molar-refractivity contribution in [1.29, 1.82) is 0 Å². The minimum Gasteiger partial charge on any atom is -0.382 e. The van der Waals surface area contributed by atoms with Crippen molar-refractivity contribution in [3.05, 3.63) is 0 Å². The maximum atomic E-state index is 5.86. The van der Waals surface area contributed by atoms with E-state index in [2.05, 4.69) is 6.92 Å². The molecule has 0 heterocycles. The molecule has 0 aromatic carbocycles. The van der Waals surface area contributed by atoms with Gasteiger partial charge in [0.05, 0.1) is 32.5 Å². The van der Waals surface area contributed by atoms with Gasteiger partial charge in [-0.25, -0.2) is 0 Å². The van der Waals surface area contributed by atoms with Gasteiger partial charge >= 0.3 is 0 Å². The van der Waals surface area contributed by atoms with Crippen LogP contribution in [-0.4, -0.2) is 45.5 Å². The van der Waals surface area contributed by atoms with E-state index in [0.29, 0.717) is 32.3 Å². The third-order valence-corrected chi connectivity index (χ3v) is 2.91. The lowest BCUT2D eigenvalue weighted by Crippen LogP contribution is -2.18. The SMILES string of the molecule is CCCCCCC(CCl)OCCOCCOC. The molecule has 4 heteroatoms. The molecule has 0 amide bonds. The molecule has 1 unspecified atom stereocenters. The summed E-state index contributed by atoms with van der Waals surface area (Å²) in [5.74, 6) is 0.574. The van der Waals surface area contributed by atoms with Gasteiger partial charge in [-0.3, -0.25) is 0 Å². The van der Waals surface area contributed by atoms with Crippen molar-refractivity contribution in [2.45, 2.75) is 45.1 Å². The third kappa shape index (κ3) is 12.4. The molecule has 0 saturated carbocycles. The summed E-state index contributed by atoms with van der Waals surface area (Å²) in [7, 11) is 1.67. The van der Waals surface area contributed by atoms with E-state index in [9.17, 15) is 0 Å². The Hall–Kier alpha value is 0.170. The number of ether oxygens (including phenoxy) is 3. The van der Waals surface area contributed by atoms with E-state index in [0.717, 1.165) is 6.42 Å². The van der Waals surface area contributed by atoms with Crippen LogP contribution in [-0.2, 0) is 14.2 Å². The van der Waals surface area contributed by atoms with Crippen molar-refractivity contribution in [3.8, 4) is 0 Å². The van der Waals surface area contributed by atoms with Gasteiger partial charge < -0.3 is 14.2 Å². The molecular formula is C13H27ClO3. The van der Waals surface area contributed by atoms with E-state index >= 15 is 0 Å². The summed E-state index contributed by atoms with van der Waals surface area (Å²) in [5.41, 5.74) is 0. The number of hydrogen-bond donors (Lipinski definition) is 0. The van der Waals surface area contributed by atoms with Crippen molar-refractivity contribution in [3.63, 3.8) is 0 Å². The van der Waals surface area contributed by atoms with Gasteiger partial charge in [-0.2, -0.15) is 0 Å². The molecule has 0 aromatic rings. The summed E-state index contributed by atoms with van der Waals surface area (Å²) in [6, 6.07) is 0. The molecule has 0 rings (SSSR count). The summed E-state index contributed by atoms with van der Waals surface area (Å²) >= 11 is 5.86. The highest BCUT2D eigenvalue weighted by Gasteiger charge is 2.06. The molecule has 0 fully saturated rings. The second-order valence-electron chi connectivity index (χ2n) is 4.10. The summed E-state index contributed by atoms with van der Waals surface area (Å²) in [4.78, 5) is 0. The molecule has 0 radical (unpaired) electrons. The molecule has 17 heavy (non-hydrogen) atoms. The fraction of sp³-hybridized carbons (Fsp3) is 1.00. The lowest BCUT2D eigenvalue weighted by molar-refractivity contribution is -0.00226. The lowest BCUT2D eigenvalue weighted by Gasteiger charge is -2.15. The van der Waals surface area contributed by atoms with E-state index in [4.69, 9.17) is 25.8 Å². The Kier molecular flexibility index (Phi) is 14.4. The van der Waals surface area contributed by atoms with Gasteiger partial charge in [0, 0.05) is 13.0 Å². The van der Waals surface area contributed by atoms with Crippen molar-refractivity contribution in [2.24, 2.45) is 0 Å². The minimum atomic E-state index is 0.180. The van der Waals surface area contributed by atoms with Crippen molar-refractivity contribution < 1.29 is 14.2 Å². The average molecular weight is 267 g/mol. The fourth-order valence-electron chi connectivity index (χ4n) is 1.52. The predicted molar refractivity (Wildman–Crippen MR) is 71.9 cm³/mol. The van der Waals surface area contributed by atoms with Crippen LogP contribution < -0.4 is 0 Å². The smallest absolute Gasteiger partial charge is 0.0711 e. The molecule has 3 nitrogen and oxygen atoms in total. The van der Waals surface area contributed by atoms with E-state index in [1.165, 1.54) is 25.7 Å². The largest absolute Gasteiger partial charge is 0.382 e. The Morgan fingerprint density at radius 2 is 1.76 bits per heavy atom. The molecule has 1 atom stereocenters. The first kappa shape index (κ1) is 17.2. The minimum absolute atomic E-state index is 0.180. The topological polar surface area (TPSA) is 27.7 Å². The zero-order valence-corrected chi connectivity index (χ0v) is 12.0. The highest BCUT2D eigenvalue weighted by atomic mass is 35.5. The maximum Gasteiger partial charge on any atom is 0.0711 e. The number of alkyl halides is 1. The van der Waals surface area contributed by atoms with Crippen molar-refractivity contribution in [2.75, 3.05) is 39.4 Å². The summed E-state index contributed by atoms with van der Waals surface area (Å²) in [5, 5.41) is 0. The Bertz CT molecular complexity index is 145. The number of unbranched alkanes of at least 4 members (excludes halogenated alkanes) is 3. The highest BCUT2D eigenvalue weighted by molar-refractivity contribution is 6.18. The van der Waals surface area contributed by atoms with Gasteiger partial charge in [-0.1, -0.05) is 32.6 Å². The third-order valence-electron chi connectivity index (χ3n) is 2.56. The van der Waals surface area contributed by atoms with Crippen molar-refractivity contribution in [1.82, 2.24) is 0 Å². The lowest BCUT2D eigenvalue weighted by atomic mass is 10.1. The summed E-state index contributed by atoms with van der Waals surface area (Å²) in [6.45, 7) is 4.71. The van der Waals surface area contributed by atoms with Crippen LogP contribution >= 0.6 is 11.6 Å². The first-order valence-electron chi connectivity index (χ1n) is 6.59. The molecule has 0 bridgehead atoms. The van der Waals surface area contributed by atoms with Crippen LogP contribution in [0.5, 0.6) is 0 Å². The van der Waals surface area contributed by atoms with Crippen LogP contribution in [0.15, 0.2) is 0 Å². The average Bonchev–Trinajstić information content (AvgIpc) is 2.36. The van der Waals surface area contributed by atoms with Crippen LogP contribution in [0.2, 0.25) is 0 Å². The van der Waals surface area contributed by atoms with E-state index in [1.807, 2.05) is 0 Å². The molecule has 0 aliphatic rings. The zero-order chi connectivity index (χ0) is 12.8. The quantitative estimate of drug-likeness (QED) is 0.378. The second-order valence-corrected chi connectivity index (χ2v) is 4.41. The van der Waals surface area contributed by atoms with E-state index in [-0.39, 0.29) is 6.10 Å². The Morgan fingerprint density at radius 1 is 1.00 bits per heavy atom. The Labute approximate surface area is 111 Å². The van der Waals surface area contributed by atoms with Crippen LogP contribution in [0.25, 0.3) is 0 Å². The van der Waals surface area contributed by atoms with Crippen LogP contribution in [0, 0.1) is 0 Å². The fourth-order valence-corrected chi connectivity index (χ4v) is 1.77. The van der Waals surface area contributed by atoms with E-state index in [1.54, 1.807) is 7.11 Å².